The molecule has 1 fully saturated rings. The van der Waals surface area contributed by atoms with Gasteiger partial charge in [-0.15, -0.1) is 0 Å². The topological polar surface area (TPSA) is 104 Å². The molecular weight excluding hydrogens is 206 g/mol. The van der Waals surface area contributed by atoms with E-state index in [-0.39, 0.29) is 5.91 Å². The number of rotatable bonds is 6. The number of carbonyl (C=O) groups is 1. The number of nitrogens with zero attached hydrogens (tertiary/aromatic N) is 3. The van der Waals surface area contributed by atoms with Crippen LogP contribution < -0.4 is 11.1 Å². The smallest absolute Gasteiger partial charge is 0.237 e. The Morgan fingerprint density at radius 1 is 1.75 bits per heavy atom. The third-order valence-electron chi connectivity index (χ3n) is 3.40. The van der Waals surface area contributed by atoms with E-state index in [2.05, 4.69) is 22.3 Å². The van der Waals surface area contributed by atoms with Crippen LogP contribution in [-0.4, -0.2) is 24.5 Å². The summed E-state index contributed by atoms with van der Waals surface area (Å²) < 4.78 is 0. The summed E-state index contributed by atoms with van der Waals surface area (Å²) in [6.45, 7) is 2.98. The lowest BCUT2D eigenvalue weighted by Gasteiger charge is -2.27. The first-order valence-electron chi connectivity index (χ1n) is 5.70. The Kier molecular flexibility index (Phi) is 4.58. The molecule has 0 aliphatic heterocycles. The van der Waals surface area contributed by atoms with Crippen LogP contribution >= 0.6 is 0 Å². The average molecular weight is 225 g/mol. The molecule has 0 aromatic heterocycles. The van der Waals surface area contributed by atoms with Gasteiger partial charge in [-0.05, 0) is 30.7 Å². The number of nitrogens with two attached hydrogens (primary N) is 1. The zero-order valence-corrected chi connectivity index (χ0v) is 9.65. The van der Waals surface area contributed by atoms with E-state index in [0.29, 0.717) is 19.0 Å². The lowest BCUT2D eigenvalue weighted by molar-refractivity contribution is -0.124. The highest BCUT2D eigenvalue weighted by Crippen LogP contribution is 2.36. The van der Waals surface area contributed by atoms with Crippen LogP contribution in [-0.2, 0) is 4.79 Å². The first-order chi connectivity index (χ1) is 7.64. The van der Waals surface area contributed by atoms with Crippen LogP contribution in [0.25, 0.3) is 10.4 Å². The number of azide groups is 1. The minimum Gasteiger partial charge on any atom is -0.368 e. The minimum atomic E-state index is -0.578. The summed E-state index contributed by atoms with van der Waals surface area (Å²) in [6, 6.07) is 0. The normalized spacial score (nSPS) is 28.7. The van der Waals surface area contributed by atoms with E-state index >= 15 is 0 Å². The molecule has 1 aliphatic rings. The highest BCUT2D eigenvalue weighted by molar-refractivity contribution is 5.85. The van der Waals surface area contributed by atoms with Gasteiger partial charge in [0.25, 0.3) is 0 Å². The largest absolute Gasteiger partial charge is 0.368 e. The summed E-state index contributed by atoms with van der Waals surface area (Å²) >= 11 is 0. The number of carbonyl (C=O) groups excluding carboxylic acids is 1. The Bertz CT molecular complexity index is 300. The molecular formula is C10H19N5O. The van der Waals surface area contributed by atoms with E-state index < -0.39 is 5.54 Å². The van der Waals surface area contributed by atoms with E-state index in [0.717, 1.165) is 25.7 Å². The van der Waals surface area contributed by atoms with Crippen molar-refractivity contribution < 1.29 is 4.79 Å². The number of primary amides is 1. The molecule has 1 saturated carbocycles. The highest BCUT2D eigenvalue weighted by atomic mass is 16.1. The number of hydrogen-bond acceptors (Lipinski definition) is 3. The lowest BCUT2D eigenvalue weighted by Crippen LogP contribution is -2.54. The molecule has 0 spiro atoms. The summed E-state index contributed by atoms with van der Waals surface area (Å²) in [5.41, 5.74) is 13.0. The molecule has 16 heavy (non-hydrogen) atoms. The van der Waals surface area contributed by atoms with Crippen molar-refractivity contribution in [3.05, 3.63) is 10.4 Å². The van der Waals surface area contributed by atoms with E-state index in [1.165, 1.54) is 0 Å². The van der Waals surface area contributed by atoms with Gasteiger partial charge in [-0.3, -0.25) is 4.79 Å². The SMILES string of the molecule is CCC1CCC(NCCN=[N+]=[N-])(C(N)=O)C1. The third-order valence-corrected chi connectivity index (χ3v) is 3.40. The Morgan fingerprint density at radius 3 is 3.00 bits per heavy atom. The van der Waals surface area contributed by atoms with Crippen LogP contribution in [0.1, 0.15) is 32.6 Å². The molecule has 0 radical (unpaired) electrons. The predicted octanol–water partition coefficient (Wildman–Crippen LogP) is 1.32. The van der Waals surface area contributed by atoms with Gasteiger partial charge in [0.05, 0.1) is 5.54 Å². The molecule has 0 aromatic carbocycles. The standard InChI is InChI=1S/C10H19N5O/c1-2-8-3-4-10(7-8,9(11)16)13-5-6-14-15-12/h8,13H,2-7H2,1H3,(H2,11,16). The van der Waals surface area contributed by atoms with Crippen molar-refractivity contribution in [2.75, 3.05) is 13.1 Å². The van der Waals surface area contributed by atoms with Crippen molar-refractivity contribution in [3.8, 4) is 0 Å². The predicted molar refractivity (Wildman–Crippen MR) is 61.6 cm³/mol. The van der Waals surface area contributed by atoms with Crippen molar-refractivity contribution in [2.45, 2.75) is 38.1 Å². The summed E-state index contributed by atoms with van der Waals surface area (Å²) in [7, 11) is 0. The molecule has 3 N–H and O–H groups in total. The fourth-order valence-electron chi connectivity index (χ4n) is 2.36. The molecule has 0 bridgehead atoms. The van der Waals surface area contributed by atoms with Gasteiger partial charge in [-0.25, -0.2) is 0 Å². The average Bonchev–Trinajstić information content (AvgIpc) is 2.69. The van der Waals surface area contributed by atoms with Crippen molar-refractivity contribution in [3.63, 3.8) is 0 Å². The quantitative estimate of drug-likeness (QED) is 0.308. The molecule has 1 aliphatic carbocycles. The molecule has 2 atom stereocenters. The molecule has 0 aromatic rings. The maximum atomic E-state index is 11.5. The Labute approximate surface area is 95.2 Å². The molecule has 6 heteroatoms. The molecule has 90 valence electrons. The first-order valence-corrected chi connectivity index (χ1v) is 5.70. The van der Waals surface area contributed by atoms with E-state index in [1.54, 1.807) is 0 Å². The zero-order valence-electron chi connectivity index (χ0n) is 9.65. The van der Waals surface area contributed by atoms with Crippen LogP contribution in [0.3, 0.4) is 0 Å². The van der Waals surface area contributed by atoms with Crippen molar-refractivity contribution >= 4 is 5.91 Å². The van der Waals surface area contributed by atoms with Crippen LogP contribution in [0.4, 0.5) is 0 Å². The van der Waals surface area contributed by atoms with Gasteiger partial charge in [-0.1, -0.05) is 18.5 Å². The van der Waals surface area contributed by atoms with Crippen LogP contribution in [0.15, 0.2) is 5.11 Å². The summed E-state index contributed by atoms with van der Waals surface area (Å²) in [4.78, 5) is 14.2. The second kappa shape index (κ2) is 5.72. The van der Waals surface area contributed by atoms with Crippen molar-refractivity contribution in [2.24, 2.45) is 16.8 Å². The second-order valence-corrected chi connectivity index (χ2v) is 4.34. The van der Waals surface area contributed by atoms with Crippen LogP contribution in [0, 0.1) is 5.92 Å². The molecule has 1 rings (SSSR count). The monoisotopic (exact) mass is 225 g/mol. The highest BCUT2D eigenvalue weighted by Gasteiger charge is 2.42. The van der Waals surface area contributed by atoms with Crippen molar-refractivity contribution in [1.82, 2.24) is 5.32 Å². The van der Waals surface area contributed by atoms with Gasteiger partial charge < -0.3 is 11.1 Å². The maximum Gasteiger partial charge on any atom is 0.237 e. The minimum absolute atomic E-state index is 0.288. The summed E-state index contributed by atoms with van der Waals surface area (Å²) in [6.07, 6.45) is 3.70. The number of nitrogens with one attached hydrogen (secondary N) is 1. The number of amides is 1. The lowest BCUT2D eigenvalue weighted by atomic mass is 9.94. The van der Waals surface area contributed by atoms with E-state index in [4.69, 9.17) is 11.3 Å². The Hall–Kier alpha value is -1.26. The fraction of sp³-hybridized carbons (Fsp3) is 0.900. The molecule has 0 heterocycles. The van der Waals surface area contributed by atoms with E-state index in [1.807, 2.05) is 0 Å². The molecule has 6 nitrogen and oxygen atoms in total. The Balaban J connectivity index is 2.54. The first kappa shape index (κ1) is 12.8. The van der Waals surface area contributed by atoms with Gasteiger partial charge >= 0.3 is 0 Å². The van der Waals surface area contributed by atoms with Crippen LogP contribution in [0.2, 0.25) is 0 Å². The summed E-state index contributed by atoms with van der Waals surface area (Å²) in [5, 5.41) is 6.58. The van der Waals surface area contributed by atoms with Crippen molar-refractivity contribution in [1.29, 1.82) is 0 Å². The summed E-state index contributed by atoms with van der Waals surface area (Å²) in [5.74, 6) is 0.281. The molecule has 1 amide bonds. The van der Waals surface area contributed by atoms with Gasteiger partial charge in [-0.2, -0.15) is 0 Å². The van der Waals surface area contributed by atoms with Gasteiger partial charge in [0, 0.05) is 18.0 Å². The molecule has 2 unspecified atom stereocenters. The fourth-order valence-corrected chi connectivity index (χ4v) is 2.36. The Morgan fingerprint density at radius 2 is 2.50 bits per heavy atom. The maximum absolute atomic E-state index is 11.5. The van der Waals surface area contributed by atoms with Crippen LogP contribution in [0.5, 0.6) is 0 Å². The van der Waals surface area contributed by atoms with Gasteiger partial charge in [0.2, 0.25) is 5.91 Å². The second-order valence-electron chi connectivity index (χ2n) is 4.34. The van der Waals surface area contributed by atoms with Gasteiger partial charge in [0.1, 0.15) is 0 Å². The molecule has 0 saturated heterocycles. The zero-order chi connectivity index (χ0) is 12.0. The van der Waals surface area contributed by atoms with E-state index in [9.17, 15) is 4.79 Å². The number of hydrogen-bond donors (Lipinski definition) is 2. The van der Waals surface area contributed by atoms with Gasteiger partial charge in [0.15, 0.2) is 0 Å². The third kappa shape index (κ3) is 2.87.